The van der Waals surface area contributed by atoms with Crippen molar-refractivity contribution in [3.8, 4) is 0 Å². The highest BCUT2D eigenvalue weighted by atomic mass is 16.3. The van der Waals surface area contributed by atoms with Gasteiger partial charge in [0.1, 0.15) is 0 Å². The van der Waals surface area contributed by atoms with Crippen LogP contribution < -0.4 is 0 Å². The third-order valence-corrected chi connectivity index (χ3v) is 7.74. The summed E-state index contributed by atoms with van der Waals surface area (Å²) in [6, 6.07) is 0. The van der Waals surface area contributed by atoms with Crippen molar-refractivity contribution >= 4 is 0 Å². The predicted molar refractivity (Wildman–Crippen MR) is 88.4 cm³/mol. The number of aliphatic hydroxyl groups is 2. The zero-order valence-electron chi connectivity index (χ0n) is 14.2. The summed E-state index contributed by atoms with van der Waals surface area (Å²) < 4.78 is 0. The van der Waals surface area contributed by atoms with Crippen LogP contribution >= 0.6 is 0 Å². The fraction of sp³-hybridized carbons (Fsp3) is 0.800. The van der Waals surface area contributed by atoms with Crippen LogP contribution in [0.1, 0.15) is 65.7 Å². The maximum absolute atomic E-state index is 10.5. The smallest absolute Gasteiger partial charge is 0.0891 e. The van der Waals surface area contributed by atoms with Crippen molar-refractivity contribution in [2.24, 2.45) is 28.6 Å². The lowest BCUT2D eigenvalue weighted by Crippen LogP contribution is -2.50. The molecule has 0 amide bonds. The molecule has 0 aromatic heterocycles. The molecule has 2 nitrogen and oxygen atoms in total. The van der Waals surface area contributed by atoms with Crippen LogP contribution in [-0.4, -0.2) is 15.8 Å². The van der Waals surface area contributed by atoms with Crippen LogP contribution in [-0.2, 0) is 0 Å². The normalized spacial score (nSPS) is 53.9. The summed E-state index contributed by atoms with van der Waals surface area (Å²) in [7, 11) is 0. The van der Waals surface area contributed by atoms with Gasteiger partial charge in [-0.15, -0.1) is 0 Å². The van der Waals surface area contributed by atoms with E-state index in [1.165, 1.54) is 18.4 Å². The minimum absolute atomic E-state index is 0.215. The molecule has 0 aromatic carbocycles. The first-order valence-corrected chi connectivity index (χ1v) is 9.06. The summed E-state index contributed by atoms with van der Waals surface area (Å²) in [5, 5.41) is 20.6. The first-order chi connectivity index (χ1) is 10.2. The molecule has 0 unspecified atom stereocenters. The minimum Gasteiger partial charge on any atom is -0.513 e. The van der Waals surface area contributed by atoms with Crippen molar-refractivity contribution in [2.45, 2.75) is 71.3 Å². The Morgan fingerprint density at radius 2 is 1.86 bits per heavy atom. The standard InChI is InChI=1S/C20H30O2/c1-18-7-6-16-15(17(18)10-14(21)12-18)5-4-13-11-19(2,22)8-9-20(13,16)3/h4,12,15-17,21-22H,5-11H2,1-3H3/t15-,16+,17+,18-,19+,20+/m1/s1. The highest BCUT2D eigenvalue weighted by Crippen LogP contribution is 2.64. The van der Waals surface area contributed by atoms with Gasteiger partial charge in [-0.2, -0.15) is 0 Å². The van der Waals surface area contributed by atoms with Crippen LogP contribution in [0.5, 0.6) is 0 Å². The summed E-state index contributed by atoms with van der Waals surface area (Å²) in [4.78, 5) is 0. The number of aliphatic hydroxyl groups excluding tert-OH is 1. The lowest BCUT2D eigenvalue weighted by atomic mass is 9.47. The van der Waals surface area contributed by atoms with Crippen molar-refractivity contribution in [1.29, 1.82) is 0 Å². The van der Waals surface area contributed by atoms with E-state index in [1.807, 2.05) is 6.92 Å². The van der Waals surface area contributed by atoms with Crippen molar-refractivity contribution in [2.75, 3.05) is 0 Å². The van der Waals surface area contributed by atoms with Gasteiger partial charge < -0.3 is 10.2 Å². The van der Waals surface area contributed by atoms with Gasteiger partial charge in [0.2, 0.25) is 0 Å². The van der Waals surface area contributed by atoms with Gasteiger partial charge in [-0.25, -0.2) is 0 Å². The lowest BCUT2D eigenvalue weighted by Gasteiger charge is -2.58. The number of fused-ring (bicyclic) bond motifs is 5. The molecule has 0 radical (unpaired) electrons. The van der Waals surface area contributed by atoms with E-state index in [9.17, 15) is 10.2 Å². The van der Waals surface area contributed by atoms with Crippen LogP contribution in [0.15, 0.2) is 23.5 Å². The minimum atomic E-state index is -0.505. The molecule has 0 saturated heterocycles. The average Bonchev–Trinajstić information content (AvgIpc) is 2.74. The second kappa shape index (κ2) is 4.41. The molecule has 4 aliphatic carbocycles. The molecule has 122 valence electrons. The Morgan fingerprint density at radius 1 is 1.09 bits per heavy atom. The zero-order valence-corrected chi connectivity index (χ0v) is 14.2. The van der Waals surface area contributed by atoms with E-state index < -0.39 is 5.60 Å². The molecule has 2 saturated carbocycles. The van der Waals surface area contributed by atoms with E-state index in [0.29, 0.717) is 17.6 Å². The molecule has 6 atom stereocenters. The van der Waals surface area contributed by atoms with Gasteiger partial charge in [-0.1, -0.05) is 25.5 Å². The summed E-state index contributed by atoms with van der Waals surface area (Å²) in [6.07, 6.45) is 12.0. The Hall–Kier alpha value is -0.760. The first-order valence-electron chi connectivity index (χ1n) is 9.06. The number of hydrogen-bond acceptors (Lipinski definition) is 2. The van der Waals surface area contributed by atoms with Gasteiger partial charge in [0.25, 0.3) is 0 Å². The SMILES string of the molecule is C[C@]1(O)CC[C@@]2(C)C(=CC[C@H]3[C@@H]4CC(O)=C[C@@]4(C)CC[C@@H]32)C1. The molecule has 2 N–H and O–H groups in total. The van der Waals surface area contributed by atoms with E-state index in [2.05, 4.69) is 26.0 Å². The monoisotopic (exact) mass is 302 g/mol. The van der Waals surface area contributed by atoms with Crippen molar-refractivity contribution in [3.63, 3.8) is 0 Å². The fourth-order valence-electron chi connectivity index (χ4n) is 6.38. The van der Waals surface area contributed by atoms with E-state index in [-0.39, 0.29) is 10.8 Å². The summed E-state index contributed by atoms with van der Waals surface area (Å²) in [5.74, 6) is 2.68. The largest absolute Gasteiger partial charge is 0.513 e. The third-order valence-electron chi connectivity index (χ3n) is 7.74. The van der Waals surface area contributed by atoms with Gasteiger partial charge >= 0.3 is 0 Å². The number of hydrogen-bond donors (Lipinski definition) is 2. The van der Waals surface area contributed by atoms with E-state index in [4.69, 9.17) is 0 Å². The third kappa shape index (κ3) is 1.95. The zero-order chi connectivity index (χ0) is 15.8. The topological polar surface area (TPSA) is 40.5 Å². The Morgan fingerprint density at radius 3 is 2.64 bits per heavy atom. The fourth-order valence-corrected chi connectivity index (χ4v) is 6.38. The highest BCUT2D eigenvalue weighted by molar-refractivity contribution is 5.28. The van der Waals surface area contributed by atoms with E-state index >= 15 is 0 Å². The van der Waals surface area contributed by atoms with E-state index in [1.54, 1.807) is 0 Å². The van der Waals surface area contributed by atoms with Crippen LogP contribution in [0.2, 0.25) is 0 Å². The van der Waals surface area contributed by atoms with E-state index in [0.717, 1.165) is 38.0 Å². The predicted octanol–water partition coefficient (Wildman–Crippen LogP) is 4.75. The average molecular weight is 302 g/mol. The second-order valence-corrected chi connectivity index (χ2v) is 9.32. The maximum Gasteiger partial charge on any atom is 0.0891 e. The van der Waals surface area contributed by atoms with Gasteiger partial charge in [0, 0.05) is 6.42 Å². The molecular formula is C20H30O2. The molecule has 0 heterocycles. The summed E-state index contributed by atoms with van der Waals surface area (Å²) >= 11 is 0. The molecular weight excluding hydrogens is 272 g/mol. The van der Waals surface area contributed by atoms with Crippen molar-refractivity contribution in [3.05, 3.63) is 23.5 Å². The van der Waals surface area contributed by atoms with Gasteiger partial charge in [0.05, 0.1) is 11.4 Å². The Labute approximate surface area is 134 Å². The number of allylic oxidation sites excluding steroid dienone is 3. The molecule has 22 heavy (non-hydrogen) atoms. The van der Waals surface area contributed by atoms with Crippen LogP contribution in [0.3, 0.4) is 0 Å². The number of rotatable bonds is 0. The molecule has 0 aliphatic heterocycles. The van der Waals surface area contributed by atoms with Gasteiger partial charge in [-0.05, 0) is 80.1 Å². The first kappa shape index (κ1) is 14.8. The quantitative estimate of drug-likeness (QED) is 0.634. The maximum atomic E-state index is 10.5. The molecule has 0 spiro atoms. The van der Waals surface area contributed by atoms with Gasteiger partial charge in [-0.3, -0.25) is 0 Å². The molecule has 2 fully saturated rings. The molecule has 4 rings (SSSR count). The van der Waals surface area contributed by atoms with Crippen molar-refractivity contribution in [1.82, 2.24) is 0 Å². The Balaban J connectivity index is 1.68. The molecule has 4 aliphatic rings. The molecule has 0 bridgehead atoms. The summed E-state index contributed by atoms with van der Waals surface area (Å²) in [5.41, 5.74) is 1.51. The van der Waals surface area contributed by atoms with Crippen LogP contribution in [0, 0.1) is 28.6 Å². The second-order valence-electron chi connectivity index (χ2n) is 9.32. The summed E-state index contributed by atoms with van der Waals surface area (Å²) in [6.45, 7) is 6.80. The van der Waals surface area contributed by atoms with Crippen LogP contribution in [0.25, 0.3) is 0 Å². The van der Waals surface area contributed by atoms with Crippen molar-refractivity contribution < 1.29 is 10.2 Å². The highest BCUT2D eigenvalue weighted by Gasteiger charge is 2.56. The molecule has 0 aromatic rings. The molecule has 2 heteroatoms. The lowest BCUT2D eigenvalue weighted by molar-refractivity contribution is -0.0507. The van der Waals surface area contributed by atoms with Gasteiger partial charge in [0.15, 0.2) is 0 Å². The Bertz CT molecular complexity index is 558. The Kier molecular flexibility index (Phi) is 2.97. The van der Waals surface area contributed by atoms with Crippen LogP contribution in [0.4, 0.5) is 0 Å².